The third-order valence-electron chi connectivity index (χ3n) is 3.35. The van der Waals surface area contributed by atoms with E-state index in [0.717, 1.165) is 13.2 Å². The molecule has 0 aliphatic heterocycles. The highest BCUT2D eigenvalue weighted by molar-refractivity contribution is 9.10. The molecule has 0 aromatic heterocycles. The van der Waals surface area contributed by atoms with Gasteiger partial charge in [0, 0.05) is 21.8 Å². The molecule has 2 aromatic carbocycles. The average Bonchev–Trinajstić information content (AvgIpc) is 2.59. The molecule has 2 rings (SSSR count). The van der Waals surface area contributed by atoms with Gasteiger partial charge in [-0.15, -0.1) is 0 Å². The zero-order valence-corrected chi connectivity index (χ0v) is 17.4. The molecule has 0 unspecified atom stereocenters. The summed E-state index contributed by atoms with van der Waals surface area (Å²) < 4.78 is 10.3. The number of halogens is 3. The molecule has 2 N–H and O–H groups in total. The summed E-state index contributed by atoms with van der Waals surface area (Å²) in [6.45, 7) is 0. The maximum Gasteiger partial charge on any atom is 0.326 e. The first kappa shape index (κ1) is 21.7. The van der Waals surface area contributed by atoms with Crippen molar-refractivity contribution in [2.24, 2.45) is 0 Å². The maximum atomic E-state index is 12.6. The molecule has 0 aliphatic carbocycles. The van der Waals surface area contributed by atoms with Crippen LogP contribution in [0.2, 0.25) is 10.0 Å². The SMILES string of the molecule is COc1c(Br)cc([N+](=O)[O-])c(OC)c1C(=O)NC(=O)Nc1cc(Cl)cc(Cl)c1. The van der Waals surface area contributed by atoms with Gasteiger partial charge in [0.2, 0.25) is 5.75 Å². The molecule has 0 radical (unpaired) electrons. The van der Waals surface area contributed by atoms with Gasteiger partial charge in [0.15, 0.2) is 0 Å². The van der Waals surface area contributed by atoms with Crippen LogP contribution >= 0.6 is 39.1 Å². The van der Waals surface area contributed by atoms with Gasteiger partial charge in [-0.25, -0.2) is 4.79 Å². The lowest BCUT2D eigenvalue weighted by molar-refractivity contribution is -0.385. The minimum Gasteiger partial charge on any atom is -0.495 e. The van der Waals surface area contributed by atoms with Gasteiger partial charge in [0.25, 0.3) is 5.91 Å². The number of rotatable bonds is 5. The quantitative estimate of drug-likeness (QED) is 0.463. The summed E-state index contributed by atoms with van der Waals surface area (Å²) in [6.07, 6.45) is 0. The van der Waals surface area contributed by atoms with Gasteiger partial charge in [-0.05, 0) is 34.1 Å². The summed E-state index contributed by atoms with van der Waals surface area (Å²) >= 11 is 14.8. The molecule has 12 heteroatoms. The van der Waals surface area contributed by atoms with Crippen LogP contribution in [0.5, 0.6) is 11.5 Å². The minimum absolute atomic E-state index is 0.0430. The first-order chi connectivity index (χ1) is 13.2. The zero-order valence-electron chi connectivity index (χ0n) is 14.3. The van der Waals surface area contributed by atoms with Gasteiger partial charge in [-0.1, -0.05) is 23.2 Å². The number of benzene rings is 2. The molecule has 0 aliphatic rings. The summed E-state index contributed by atoms with van der Waals surface area (Å²) in [5.74, 6) is -1.39. The molecule has 0 saturated heterocycles. The Labute approximate surface area is 177 Å². The van der Waals surface area contributed by atoms with Crippen molar-refractivity contribution in [1.82, 2.24) is 5.32 Å². The number of nitro benzene ring substituents is 1. The van der Waals surface area contributed by atoms with E-state index >= 15 is 0 Å². The Balaban J connectivity index is 2.37. The monoisotopic (exact) mass is 491 g/mol. The van der Waals surface area contributed by atoms with Gasteiger partial charge in [0.05, 0.1) is 23.6 Å². The fraction of sp³-hybridized carbons (Fsp3) is 0.125. The number of amides is 3. The average molecular weight is 493 g/mol. The Morgan fingerprint density at radius 2 is 1.64 bits per heavy atom. The molecular weight excluding hydrogens is 481 g/mol. The summed E-state index contributed by atoms with van der Waals surface area (Å²) in [6, 6.07) is 4.51. The molecular formula is C16H12BrCl2N3O6. The van der Waals surface area contributed by atoms with E-state index in [1.165, 1.54) is 25.3 Å². The molecule has 28 heavy (non-hydrogen) atoms. The summed E-state index contributed by atoms with van der Waals surface area (Å²) in [5.41, 5.74) is -0.574. The number of hydrogen-bond acceptors (Lipinski definition) is 6. The lowest BCUT2D eigenvalue weighted by Crippen LogP contribution is -2.35. The molecule has 9 nitrogen and oxygen atoms in total. The van der Waals surface area contributed by atoms with E-state index in [0.29, 0.717) is 0 Å². The number of carbonyl (C=O) groups is 2. The zero-order chi connectivity index (χ0) is 21.0. The highest BCUT2D eigenvalue weighted by Crippen LogP contribution is 2.42. The third kappa shape index (κ3) is 4.83. The van der Waals surface area contributed by atoms with Gasteiger partial charge in [-0.2, -0.15) is 0 Å². The van der Waals surface area contributed by atoms with Crippen molar-refractivity contribution in [2.45, 2.75) is 0 Å². The van der Waals surface area contributed by atoms with Crippen LogP contribution in [-0.2, 0) is 0 Å². The van der Waals surface area contributed by atoms with Crippen LogP contribution in [0.3, 0.4) is 0 Å². The molecule has 3 amide bonds. The number of anilines is 1. The Morgan fingerprint density at radius 3 is 2.14 bits per heavy atom. The Bertz CT molecular complexity index is 950. The van der Waals surface area contributed by atoms with E-state index < -0.39 is 22.5 Å². The fourth-order valence-corrected chi connectivity index (χ4v) is 3.41. The Kier molecular flexibility index (Phi) is 7.05. The Hall–Kier alpha value is -2.56. The number of imide groups is 1. The second kappa shape index (κ2) is 9.09. The highest BCUT2D eigenvalue weighted by atomic mass is 79.9. The van der Waals surface area contributed by atoms with Crippen LogP contribution in [0, 0.1) is 10.1 Å². The summed E-state index contributed by atoms with van der Waals surface area (Å²) in [7, 11) is 2.41. The van der Waals surface area contributed by atoms with Crippen molar-refractivity contribution in [1.29, 1.82) is 0 Å². The number of carbonyl (C=O) groups excluding carboxylic acids is 2. The van der Waals surface area contributed by atoms with Crippen LogP contribution in [0.15, 0.2) is 28.7 Å². The van der Waals surface area contributed by atoms with Crippen LogP contribution in [0.4, 0.5) is 16.2 Å². The second-order valence-electron chi connectivity index (χ2n) is 5.14. The number of methoxy groups -OCH3 is 2. The maximum absolute atomic E-state index is 12.6. The molecule has 0 atom stereocenters. The van der Waals surface area contributed by atoms with Crippen LogP contribution < -0.4 is 20.1 Å². The lowest BCUT2D eigenvalue weighted by atomic mass is 10.1. The third-order valence-corrected chi connectivity index (χ3v) is 4.37. The normalized spacial score (nSPS) is 10.2. The Morgan fingerprint density at radius 1 is 1.07 bits per heavy atom. The van der Waals surface area contributed by atoms with Crippen molar-refractivity contribution in [3.63, 3.8) is 0 Å². The van der Waals surface area contributed by atoms with E-state index in [1.54, 1.807) is 0 Å². The van der Waals surface area contributed by atoms with Gasteiger partial charge >= 0.3 is 11.7 Å². The first-order valence-corrected chi connectivity index (χ1v) is 8.90. The van der Waals surface area contributed by atoms with Crippen molar-refractivity contribution in [3.05, 3.63) is 54.5 Å². The standard InChI is InChI=1S/C16H12BrCl2N3O6/c1-27-13-10(17)6-11(22(25)26)14(28-2)12(13)15(23)21-16(24)20-9-4-7(18)3-8(19)5-9/h3-6H,1-2H3,(H2,20,21,23,24). The molecule has 0 heterocycles. The van der Waals surface area contributed by atoms with E-state index in [1.807, 2.05) is 5.32 Å². The summed E-state index contributed by atoms with van der Waals surface area (Å²) in [5, 5.41) is 16.3. The van der Waals surface area contributed by atoms with Crippen LogP contribution in [0.1, 0.15) is 10.4 Å². The van der Waals surface area contributed by atoms with Gasteiger partial charge in [-0.3, -0.25) is 20.2 Å². The van der Waals surface area contributed by atoms with Crippen LogP contribution in [-0.4, -0.2) is 31.1 Å². The minimum atomic E-state index is -0.983. The van der Waals surface area contributed by atoms with E-state index in [9.17, 15) is 19.7 Å². The molecule has 2 aromatic rings. The topological polar surface area (TPSA) is 120 Å². The second-order valence-corrected chi connectivity index (χ2v) is 6.87. The number of nitro groups is 1. The summed E-state index contributed by atoms with van der Waals surface area (Å²) in [4.78, 5) is 35.3. The largest absolute Gasteiger partial charge is 0.495 e. The smallest absolute Gasteiger partial charge is 0.326 e. The van der Waals surface area contributed by atoms with Crippen LogP contribution in [0.25, 0.3) is 0 Å². The highest BCUT2D eigenvalue weighted by Gasteiger charge is 2.30. The number of urea groups is 1. The fourth-order valence-electron chi connectivity index (χ4n) is 2.30. The van der Waals surface area contributed by atoms with E-state index in [-0.39, 0.29) is 37.3 Å². The molecule has 0 saturated carbocycles. The number of nitrogens with one attached hydrogen (secondary N) is 2. The van der Waals surface area contributed by atoms with Gasteiger partial charge in [0.1, 0.15) is 11.3 Å². The number of hydrogen-bond donors (Lipinski definition) is 2. The predicted molar refractivity (Wildman–Crippen MR) is 107 cm³/mol. The van der Waals surface area contributed by atoms with Crippen molar-refractivity contribution >= 4 is 62.4 Å². The predicted octanol–water partition coefficient (Wildman–Crippen LogP) is 4.64. The van der Waals surface area contributed by atoms with Gasteiger partial charge < -0.3 is 14.8 Å². The van der Waals surface area contributed by atoms with Crippen molar-refractivity contribution in [3.8, 4) is 11.5 Å². The van der Waals surface area contributed by atoms with Crippen molar-refractivity contribution in [2.75, 3.05) is 19.5 Å². The van der Waals surface area contributed by atoms with E-state index in [2.05, 4.69) is 21.2 Å². The molecule has 148 valence electrons. The number of ether oxygens (including phenoxy) is 2. The van der Waals surface area contributed by atoms with E-state index in [4.69, 9.17) is 32.7 Å². The lowest BCUT2D eigenvalue weighted by Gasteiger charge is -2.15. The molecule has 0 bridgehead atoms. The molecule has 0 spiro atoms. The van der Waals surface area contributed by atoms with Crippen molar-refractivity contribution < 1.29 is 24.0 Å². The number of nitrogens with zero attached hydrogens (tertiary/aromatic N) is 1. The molecule has 0 fully saturated rings. The first-order valence-electron chi connectivity index (χ1n) is 7.35.